The van der Waals surface area contributed by atoms with Crippen molar-refractivity contribution in [2.75, 3.05) is 12.8 Å². The molecule has 5 nitrogen and oxygen atoms in total. The Morgan fingerprint density at radius 2 is 1.78 bits per heavy atom. The van der Waals surface area contributed by atoms with Gasteiger partial charge < -0.3 is 14.9 Å². The molecule has 0 bridgehead atoms. The summed E-state index contributed by atoms with van der Waals surface area (Å²) in [7, 11) is 1.61. The molecule has 0 aliphatic heterocycles. The Morgan fingerprint density at radius 1 is 0.969 bits per heavy atom. The number of hydrogen-bond donors (Lipinski definition) is 1. The molecular weight excluding hydrogens is 468 g/mol. The zero-order valence-electron chi connectivity index (χ0n) is 17.2. The van der Waals surface area contributed by atoms with Gasteiger partial charge in [-0.15, -0.1) is 0 Å². The standard InChI is InChI=1S/C26H19BrN2O3/c1-31-26-21(12-16-11-17(27)7-9-22(16)29-26)25(15-5-3-2-4-6-15)20-14-24(30)32-23-10-8-18(28)13-19(20)23/h2-14,25H,28H2,1H3. The molecule has 0 aliphatic rings. The number of rotatable bonds is 4. The Bertz CT molecular complexity index is 1510. The van der Waals surface area contributed by atoms with E-state index in [1.54, 1.807) is 19.2 Å². The van der Waals surface area contributed by atoms with Crippen molar-refractivity contribution >= 4 is 43.5 Å². The molecule has 5 rings (SSSR count). The van der Waals surface area contributed by atoms with Crippen LogP contribution in [0.25, 0.3) is 21.9 Å². The molecule has 32 heavy (non-hydrogen) atoms. The number of nitrogens with two attached hydrogens (primary N) is 1. The molecule has 2 N–H and O–H groups in total. The highest BCUT2D eigenvalue weighted by atomic mass is 79.9. The Kier molecular flexibility index (Phi) is 5.15. The van der Waals surface area contributed by atoms with Gasteiger partial charge in [-0.25, -0.2) is 9.78 Å². The summed E-state index contributed by atoms with van der Waals surface area (Å²) in [6.45, 7) is 0. The number of fused-ring (bicyclic) bond motifs is 2. The summed E-state index contributed by atoms with van der Waals surface area (Å²) in [5.41, 5.74) is 10.2. The van der Waals surface area contributed by atoms with E-state index in [-0.39, 0.29) is 5.92 Å². The van der Waals surface area contributed by atoms with Crippen LogP contribution in [-0.2, 0) is 0 Å². The number of methoxy groups -OCH3 is 1. The summed E-state index contributed by atoms with van der Waals surface area (Å²) in [5, 5.41) is 1.73. The topological polar surface area (TPSA) is 78.3 Å². The lowest BCUT2D eigenvalue weighted by molar-refractivity contribution is 0.393. The minimum Gasteiger partial charge on any atom is -0.481 e. The maximum absolute atomic E-state index is 12.5. The summed E-state index contributed by atoms with van der Waals surface area (Å²) in [6, 6.07) is 24.8. The third kappa shape index (κ3) is 3.63. The third-order valence-corrected chi connectivity index (χ3v) is 6.01. The van der Waals surface area contributed by atoms with Gasteiger partial charge in [0, 0.05) is 38.5 Å². The van der Waals surface area contributed by atoms with Crippen molar-refractivity contribution in [3.63, 3.8) is 0 Å². The quantitative estimate of drug-likeness (QED) is 0.253. The average molecular weight is 487 g/mol. The number of anilines is 1. The van der Waals surface area contributed by atoms with E-state index in [9.17, 15) is 4.79 Å². The largest absolute Gasteiger partial charge is 0.481 e. The molecule has 0 saturated carbocycles. The lowest BCUT2D eigenvalue weighted by atomic mass is 9.83. The Morgan fingerprint density at radius 3 is 2.56 bits per heavy atom. The molecule has 0 spiro atoms. The van der Waals surface area contributed by atoms with Gasteiger partial charge in [-0.1, -0.05) is 46.3 Å². The van der Waals surface area contributed by atoms with Crippen LogP contribution in [0.5, 0.6) is 5.88 Å². The Labute approximate surface area is 192 Å². The molecule has 0 aliphatic carbocycles. The predicted octanol–water partition coefficient (Wildman–Crippen LogP) is 5.87. The molecule has 0 fully saturated rings. The van der Waals surface area contributed by atoms with E-state index in [1.165, 1.54) is 6.07 Å². The minimum atomic E-state index is -0.423. The summed E-state index contributed by atoms with van der Waals surface area (Å²) in [6.07, 6.45) is 0. The molecule has 5 aromatic rings. The van der Waals surface area contributed by atoms with Crippen LogP contribution in [0, 0.1) is 0 Å². The first-order chi connectivity index (χ1) is 15.5. The fourth-order valence-corrected chi connectivity index (χ4v) is 4.51. The van der Waals surface area contributed by atoms with Gasteiger partial charge in [0.05, 0.1) is 12.6 Å². The summed E-state index contributed by atoms with van der Waals surface area (Å²) >= 11 is 3.54. The Balaban J connectivity index is 1.88. The van der Waals surface area contributed by atoms with Gasteiger partial charge in [-0.05, 0) is 53.6 Å². The Hall–Kier alpha value is -3.64. The summed E-state index contributed by atoms with van der Waals surface area (Å²) in [5.74, 6) is 0.175. The van der Waals surface area contributed by atoms with E-state index in [0.29, 0.717) is 17.2 Å². The highest BCUT2D eigenvalue weighted by molar-refractivity contribution is 9.10. The van der Waals surface area contributed by atoms with Crippen molar-refractivity contribution in [3.05, 3.63) is 110 Å². The first-order valence-corrected chi connectivity index (χ1v) is 10.9. The van der Waals surface area contributed by atoms with Crippen LogP contribution < -0.4 is 16.1 Å². The number of halogens is 1. The van der Waals surface area contributed by atoms with Gasteiger partial charge in [0.1, 0.15) is 5.58 Å². The van der Waals surface area contributed by atoms with Crippen LogP contribution in [0.1, 0.15) is 22.6 Å². The van der Waals surface area contributed by atoms with Gasteiger partial charge >= 0.3 is 5.63 Å². The van der Waals surface area contributed by atoms with Crippen LogP contribution in [-0.4, -0.2) is 12.1 Å². The first kappa shape index (κ1) is 20.3. The van der Waals surface area contributed by atoms with E-state index in [1.807, 2.05) is 54.6 Å². The number of aromatic nitrogens is 1. The first-order valence-electron chi connectivity index (χ1n) is 10.1. The lowest BCUT2D eigenvalue weighted by Crippen LogP contribution is -2.11. The van der Waals surface area contributed by atoms with Gasteiger partial charge in [0.15, 0.2) is 0 Å². The van der Waals surface area contributed by atoms with Crippen molar-refractivity contribution in [2.24, 2.45) is 0 Å². The second-order valence-electron chi connectivity index (χ2n) is 7.54. The maximum atomic E-state index is 12.5. The molecule has 1 unspecified atom stereocenters. The summed E-state index contributed by atoms with van der Waals surface area (Å²) < 4.78 is 12.1. The van der Waals surface area contributed by atoms with Gasteiger partial charge in [0.25, 0.3) is 0 Å². The zero-order valence-corrected chi connectivity index (χ0v) is 18.8. The lowest BCUT2D eigenvalue weighted by Gasteiger charge is -2.22. The van der Waals surface area contributed by atoms with E-state index >= 15 is 0 Å². The molecule has 158 valence electrons. The molecule has 3 aromatic carbocycles. The van der Waals surface area contributed by atoms with Gasteiger partial charge in [-0.2, -0.15) is 0 Å². The number of nitrogens with zero attached hydrogens (tertiary/aromatic N) is 1. The summed E-state index contributed by atoms with van der Waals surface area (Å²) in [4.78, 5) is 17.3. The van der Waals surface area contributed by atoms with Crippen molar-refractivity contribution in [1.29, 1.82) is 0 Å². The average Bonchev–Trinajstić information content (AvgIpc) is 2.80. The number of benzene rings is 3. The predicted molar refractivity (Wildman–Crippen MR) is 130 cm³/mol. The van der Waals surface area contributed by atoms with Crippen LogP contribution in [0.15, 0.2) is 92.5 Å². The normalized spacial score (nSPS) is 12.2. The van der Waals surface area contributed by atoms with Crippen molar-refractivity contribution in [2.45, 2.75) is 5.92 Å². The number of hydrogen-bond acceptors (Lipinski definition) is 5. The molecule has 0 radical (unpaired) electrons. The molecule has 0 saturated heterocycles. The molecule has 6 heteroatoms. The second-order valence-corrected chi connectivity index (χ2v) is 8.46. The number of pyridine rings is 1. The van der Waals surface area contributed by atoms with Crippen LogP contribution >= 0.6 is 15.9 Å². The minimum absolute atomic E-state index is 0.324. The van der Waals surface area contributed by atoms with Crippen LogP contribution in [0.4, 0.5) is 5.69 Å². The zero-order chi connectivity index (χ0) is 22.2. The monoisotopic (exact) mass is 486 g/mol. The van der Waals surface area contributed by atoms with Crippen molar-refractivity contribution in [1.82, 2.24) is 4.98 Å². The molecule has 2 aromatic heterocycles. The van der Waals surface area contributed by atoms with Gasteiger partial charge in [-0.3, -0.25) is 0 Å². The molecule has 2 heterocycles. The van der Waals surface area contributed by atoms with E-state index in [4.69, 9.17) is 19.9 Å². The SMILES string of the molecule is COc1nc2ccc(Br)cc2cc1C(c1ccccc1)c1cc(=O)oc2ccc(N)cc12. The van der Waals surface area contributed by atoms with E-state index in [0.717, 1.165) is 37.5 Å². The second kappa shape index (κ2) is 8.13. The molecule has 1 atom stereocenters. The number of nitrogen functional groups attached to an aromatic ring is 1. The van der Waals surface area contributed by atoms with Crippen molar-refractivity contribution < 1.29 is 9.15 Å². The number of ether oxygens (including phenoxy) is 1. The highest BCUT2D eigenvalue weighted by Gasteiger charge is 2.25. The highest BCUT2D eigenvalue weighted by Crippen LogP contribution is 2.40. The smallest absolute Gasteiger partial charge is 0.336 e. The third-order valence-electron chi connectivity index (χ3n) is 5.52. The van der Waals surface area contributed by atoms with E-state index in [2.05, 4.69) is 22.0 Å². The molecule has 0 amide bonds. The van der Waals surface area contributed by atoms with Crippen LogP contribution in [0.3, 0.4) is 0 Å². The van der Waals surface area contributed by atoms with Crippen molar-refractivity contribution in [3.8, 4) is 5.88 Å². The van der Waals surface area contributed by atoms with Crippen LogP contribution in [0.2, 0.25) is 0 Å². The van der Waals surface area contributed by atoms with Gasteiger partial charge in [0.2, 0.25) is 5.88 Å². The fourth-order valence-electron chi connectivity index (χ4n) is 4.13. The maximum Gasteiger partial charge on any atom is 0.336 e. The van der Waals surface area contributed by atoms with E-state index < -0.39 is 5.63 Å². The molecular formula is C26H19BrN2O3. The fraction of sp³-hybridized carbons (Fsp3) is 0.0769.